The lowest BCUT2D eigenvalue weighted by molar-refractivity contribution is 1.12. The molecule has 0 aliphatic rings. The van der Waals surface area contributed by atoms with Crippen LogP contribution in [0.3, 0.4) is 0 Å². The maximum absolute atomic E-state index is 3.92. The fourth-order valence-corrected chi connectivity index (χ4v) is 0.374. The first-order valence-corrected chi connectivity index (χ1v) is 3.12. The number of rotatable bonds is 0. The van der Waals surface area contributed by atoms with Crippen LogP contribution in [0.15, 0.2) is 44.9 Å². The second-order valence-corrected chi connectivity index (χ2v) is 1.35. The van der Waals surface area contributed by atoms with Crippen molar-refractivity contribution in [3.63, 3.8) is 0 Å². The van der Waals surface area contributed by atoms with Gasteiger partial charge in [-0.05, 0) is 6.92 Å². The third kappa shape index (κ3) is 8.56. The predicted molar refractivity (Wildman–Crippen MR) is 49.3 cm³/mol. The van der Waals surface area contributed by atoms with Gasteiger partial charge in [-0.25, -0.2) is 0 Å². The zero-order valence-electron chi connectivity index (χ0n) is 6.95. The molecule has 0 radical (unpaired) electrons. The fourth-order valence-electron chi connectivity index (χ4n) is 0.374. The van der Waals surface area contributed by atoms with Crippen molar-refractivity contribution in [2.24, 2.45) is 0 Å². The second-order valence-electron chi connectivity index (χ2n) is 1.35. The minimum atomic E-state index is 0.961. The molecule has 0 fully saturated rings. The molecule has 0 saturated carbocycles. The smallest absolute Gasteiger partial charge is 0.0555 e. The summed E-state index contributed by atoms with van der Waals surface area (Å²) >= 11 is 0. The van der Waals surface area contributed by atoms with E-state index >= 15 is 0 Å². The van der Waals surface area contributed by atoms with E-state index < -0.39 is 0 Å². The number of aromatic nitrogens is 2. The van der Waals surface area contributed by atoms with E-state index in [1.807, 2.05) is 6.92 Å². The van der Waals surface area contributed by atoms with E-state index in [1.54, 1.807) is 18.6 Å². The molecule has 2 nitrogen and oxygen atoms in total. The number of hydrogen-bond donors (Lipinski definition) is 0. The Morgan fingerprint density at radius 3 is 1.82 bits per heavy atom. The molecule has 0 amide bonds. The Hall–Kier alpha value is -1.44. The summed E-state index contributed by atoms with van der Waals surface area (Å²) in [6.07, 6.45) is 5.06. The predicted octanol–water partition coefficient (Wildman–Crippen LogP) is 2.39. The summed E-state index contributed by atoms with van der Waals surface area (Å²) in [7, 11) is 0. The molecule has 0 aromatic carbocycles. The Kier molecular flexibility index (Phi) is 12.7. The van der Waals surface area contributed by atoms with E-state index in [-0.39, 0.29) is 0 Å². The van der Waals surface area contributed by atoms with Crippen molar-refractivity contribution < 1.29 is 0 Å². The van der Waals surface area contributed by atoms with Crippen LogP contribution in [0, 0.1) is 6.92 Å². The third-order valence-electron chi connectivity index (χ3n) is 0.692. The Labute approximate surface area is 68.3 Å². The summed E-state index contributed by atoms with van der Waals surface area (Å²) in [5.41, 5.74) is 0.961. The lowest BCUT2D eigenvalue weighted by atomic mass is 10.5. The zero-order chi connectivity index (χ0) is 9.11. The van der Waals surface area contributed by atoms with Crippen LogP contribution >= 0.6 is 0 Å². The fraction of sp³-hybridized carbons (Fsp3) is 0.111. The third-order valence-corrected chi connectivity index (χ3v) is 0.692. The van der Waals surface area contributed by atoms with E-state index in [2.05, 4.69) is 36.3 Å². The average molecular weight is 150 g/mol. The van der Waals surface area contributed by atoms with Gasteiger partial charge in [-0.15, -0.1) is 26.3 Å². The second kappa shape index (κ2) is 11.4. The quantitative estimate of drug-likeness (QED) is 0.531. The first-order chi connectivity index (χ1) is 5.39. The highest BCUT2D eigenvalue weighted by Gasteiger charge is 1.74. The lowest BCUT2D eigenvalue weighted by Crippen LogP contribution is -1.77. The normalized spacial score (nSPS) is 6.27. The van der Waals surface area contributed by atoms with Gasteiger partial charge in [0.1, 0.15) is 0 Å². The van der Waals surface area contributed by atoms with Gasteiger partial charge < -0.3 is 0 Å². The van der Waals surface area contributed by atoms with Gasteiger partial charge in [0.2, 0.25) is 0 Å². The summed E-state index contributed by atoms with van der Waals surface area (Å²) in [5, 5.41) is 0. The van der Waals surface area contributed by atoms with Gasteiger partial charge >= 0.3 is 0 Å². The van der Waals surface area contributed by atoms with Crippen molar-refractivity contribution >= 4 is 0 Å². The molecule has 0 atom stereocenters. The molecule has 60 valence electrons. The SMILES string of the molecule is C=C.C=C.Cc1cnccn1. The zero-order valence-corrected chi connectivity index (χ0v) is 6.95. The molecule has 0 bridgehead atoms. The Morgan fingerprint density at radius 1 is 1.09 bits per heavy atom. The average Bonchev–Trinajstić information content (AvgIpc) is 2.13. The highest BCUT2D eigenvalue weighted by molar-refractivity contribution is 4.88. The molecule has 0 aliphatic heterocycles. The van der Waals surface area contributed by atoms with Crippen molar-refractivity contribution in [1.29, 1.82) is 0 Å². The van der Waals surface area contributed by atoms with Crippen LogP contribution in [0.1, 0.15) is 5.69 Å². The monoisotopic (exact) mass is 150 g/mol. The van der Waals surface area contributed by atoms with Gasteiger partial charge in [0.25, 0.3) is 0 Å². The van der Waals surface area contributed by atoms with E-state index in [9.17, 15) is 0 Å². The molecule has 0 spiro atoms. The molecule has 11 heavy (non-hydrogen) atoms. The maximum Gasteiger partial charge on any atom is 0.0555 e. The molecular formula is C9H14N2. The van der Waals surface area contributed by atoms with E-state index in [4.69, 9.17) is 0 Å². The van der Waals surface area contributed by atoms with Crippen LogP contribution in [0.2, 0.25) is 0 Å². The Balaban J connectivity index is 0. The molecule has 1 heterocycles. The molecule has 0 aliphatic carbocycles. The van der Waals surface area contributed by atoms with Crippen LogP contribution in [-0.4, -0.2) is 9.97 Å². The van der Waals surface area contributed by atoms with Crippen LogP contribution in [-0.2, 0) is 0 Å². The lowest BCUT2D eigenvalue weighted by Gasteiger charge is -1.81. The number of nitrogens with zero attached hydrogens (tertiary/aromatic N) is 2. The first-order valence-electron chi connectivity index (χ1n) is 3.12. The Bertz CT molecular complexity index is 158. The summed E-state index contributed by atoms with van der Waals surface area (Å²) in [4.78, 5) is 7.74. The van der Waals surface area contributed by atoms with Crippen LogP contribution in [0.5, 0.6) is 0 Å². The van der Waals surface area contributed by atoms with Gasteiger partial charge in [-0.2, -0.15) is 0 Å². The number of hydrogen-bond acceptors (Lipinski definition) is 2. The van der Waals surface area contributed by atoms with Gasteiger partial charge in [-0.3, -0.25) is 9.97 Å². The number of aryl methyl sites for hydroxylation is 1. The molecular weight excluding hydrogens is 136 g/mol. The summed E-state index contributed by atoms with van der Waals surface area (Å²) < 4.78 is 0. The maximum atomic E-state index is 3.92. The van der Waals surface area contributed by atoms with Gasteiger partial charge in [0.15, 0.2) is 0 Å². The van der Waals surface area contributed by atoms with Gasteiger partial charge in [0, 0.05) is 18.6 Å². The Morgan fingerprint density at radius 2 is 1.64 bits per heavy atom. The summed E-state index contributed by atoms with van der Waals surface area (Å²) in [6, 6.07) is 0. The van der Waals surface area contributed by atoms with Crippen molar-refractivity contribution in [3.05, 3.63) is 50.6 Å². The van der Waals surface area contributed by atoms with E-state index in [1.165, 1.54) is 0 Å². The van der Waals surface area contributed by atoms with Gasteiger partial charge in [0.05, 0.1) is 5.69 Å². The first kappa shape index (κ1) is 12.3. The summed E-state index contributed by atoms with van der Waals surface area (Å²) in [5.74, 6) is 0. The van der Waals surface area contributed by atoms with Crippen molar-refractivity contribution in [3.8, 4) is 0 Å². The molecule has 0 saturated heterocycles. The van der Waals surface area contributed by atoms with E-state index in [0.29, 0.717) is 0 Å². The standard InChI is InChI=1S/C5H6N2.2C2H4/c1-5-4-6-2-3-7-5;2*1-2/h2-4H,1H3;2*1-2H2. The largest absolute Gasteiger partial charge is 0.261 e. The topological polar surface area (TPSA) is 25.8 Å². The molecule has 1 aromatic heterocycles. The highest BCUT2D eigenvalue weighted by atomic mass is 14.7. The van der Waals surface area contributed by atoms with Crippen molar-refractivity contribution in [2.45, 2.75) is 6.92 Å². The van der Waals surface area contributed by atoms with Crippen molar-refractivity contribution in [2.75, 3.05) is 0 Å². The molecule has 0 N–H and O–H groups in total. The minimum Gasteiger partial charge on any atom is -0.261 e. The van der Waals surface area contributed by atoms with Crippen LogP contribution in [0.25, 0.3) is 0 Å². The van der Waals surface area contributed by atoms with Crippen molar-refractivity contribution in [1.82, 2.24) is 9.97 Å². The van der Waals surface area contributed by atoms with E-state index in [0.717, 1.165) is 5.69 Å². The molecule has 0 unspecified atom stereocenters. The molecule has 1 aromatic rings. The van der Waals surface area contributed by atoms with Crippen LogP contribution in [0.4, 0.5) is 0 Å². The highest BCUT2D eigenvalue weighted by Crippen LogP contribution is 1.81. The summed E-state index contributed by atoms with van der Waals surface area (Å²) in [6.45, 7) is 13.9. The molecule has 2 heteroatoms. The van der Waals surface area contributed by atoms with Gasteiger partial charge in [-0.1, -0.05) is 0 Å². The van der Waals surface area contributed by atoms with Crippen LogP contribution < -0.4 is 0 Å². The minimum absolute atomic E-state index is 0.961. The molecule has 1 rings (SSSR count).